The molecule has 0 aliphatic rings. The number of alkyl halides is 1. The molecular weight excluding hydrogens is 268 g/mol. The number of hydrogen-bond acceptors (Lipinski definition) is 4. The van der Waals surface area contributed by atoms with E-state index in [1.165, 1.54) is 16.9 Å². The monoisotopic (exact) mass is 280 g/mol. The normalized spacial score (nSPS) is 10.3. The van der Waals surface area contributed by atoms with Crippen LogP contribution in [0.4, 0.5) is 5.13 Å². The highest BCUT2D eigenvalue weighted by molar-refractivity contribution is 7.13. The fraction of sp³-hybridized carbons (Fsp3) is 0.231. The standard InChI is InChI=1S/C13H13ClN2OS/c1-16(8-10-5-3-2-4-6-10)13-15-11(9-18-13)12(17)7-14/h2-6,9H,7-8H2,1H3. The molecule has 0 N–H and O–H groups in total. The van der Waals surface area contributed by atoms with E-state index in [0.29, 0.717) is 5.69 Å². The molecule has 3 nitrogen and oxygen atoms in total. The minimum atomic E-state index is -0.132. The average Bonchev–Trinajstić information content (AvgIpc) is 2.88. The van der Waals surface area contributed by atoms with Crippen molar-refractivity contribution >= 4 is 33.9 Å². The maximum atomic E-state index is 11.4. The van der Waals surface area contributed by atoms with Crippen molar-refractivity contribution in [2.24, 2.45) is 0 Å². The molecule has 0 bridgehead atoms. The van der Waals surface area contributed by atoms with E-state index >= 15 is 0 Å². The molecule has 0 atom stereocenters. The van der Waals surface area contributed by atoms with Gasteiger partial charge in [0.1, 0.15) is 5.69 Å². The van der Waals surface area contributed by atoms with Crippen molar-refractivity contribution < 1.29 is 4.79 Å². The Labute approximate surface area is 115 Å². The lowest BCUT2D eigenvalue weighted by molar-refractivity contribution is 0.101. The number of hydrogen-bond donors (Lipinski definition) is 0. The summed E-state index contributed by atoms with van der Waals surface area (Å²) in [6.07, 6.45) is 0. The van der Waals surface area contributed by atoms with Crippen LogP contribution >= 0.6 is 22.9 Å². The third-order valence-corrected chi connectivity index (χ3v) is 3.69. The van der Waals surface area contributed by atoms with Crippen molar-refractivity contribution in [3.05, 3.63) is 47.0 Å². The first-order valence-electron chi connectivity index (χ1n) is 5.50. The number of Topliss-reactive ketones (excluding diaryl/α,β-unsaturated/α-hetero) is 1. The zero-order chi connectivity index (χ0) is 13.0. The third kappa shape index (κ3) is 3.09. The number of carbonyl (C=O) groups excluding carboxylic acids is 1. The number of carbonyl (C=O) groups is 1. The van der Waals surface area contributed by atoms with E-state index in [4.69, 9.17) is 11.6 Å². The van der Waals surface area contributed by atoms with Crippen LogP contribution in [0, 0.1) is 0 Å². The summed E-state index contributed by atoms with van der Waals surface area (Å²) in [6.45, 7) is 0.767. The fourth-order valence-electron chi connectivity index (χ4n) is 1.56. The molecule has 0 radical (unpaired) electrons. The minimum Gasteiger partial charge on any atom is -0.347 e. The number of thiazole rings is 1. The predicted octanol–water partition coefficient (Wildman–Crippen LogP) is 3.20. The second kappa shape index (κ2) is 5.98. The van der Waals surface area contributed by atoms with Gasteiger partial charge in [-0.15, -0.1) is 22.9 Å². The molecule has 0 saturated carbocycles. The molecule has 0 spiro atoms. The quantitative estimate of drug-likeness (QED) is 0.623. The molecule has 5 heteroatoms. The van der Waals surface area contributed by atoms with Gasteiger partial charge < -0.3 is 4.90 Å². The molecule has 94 valence electrons. The summed E-state index contributed by atoms with van der Waals surface area (Å²) in [5, 5.41) is 2.58. The van der Waals surface area contributed by atoms with Crippen molar-refractivity contribution in [2.45, 2.75) is 6.54 Å². The van der Waals surface area contributed by atoms with Gasteiger partial charge in [-0.05, 0) is 5.56 Å². The van der Waals surface area contributed by atoms with Crippen LogP contribution in [0.2, 0.25) is 0 Å². The van der Waals surface area contributed by atoms with Crippen molar-refractivity contribution in [1.82, 2.24) is 4.98 Å². The SMILES string of the molecule is CN(Cc1ccccc1)c1nc(C(=O)CCl)cs1. The van der Waals surface area contributed by atoms with Gasteiger partial charge in [0.25, 0.3) is 0 Å². The summed E-state index contributed by atoms with van der Waals surface area (Å²) in [4.78, 5) is 17.7. The Kier molecular flexibility index (Phi) is 4.33. The Morgan fingerprint density at radius 2 is 2.11 bits per heavy atom. The van der Waals surface area contributed by atoms with E-state index < -0.39 is 0 Å². The maximum absolute atomic E-state index is 11.4. The Morgan fingerprint density at radius 3 is 2.78 bits per heavy atom. The van der Waals surface area contributed by atoms with Gasteiger partial charge in [-0.25, -0.2) is 4.98 Å². The van der Waals surface area contributed by atoms with Gasteiger partial charge in [-0.3, -0.25) is 4.79 Å². The van der Waals surface area contributed by atoms with Crippen LogP contribution in [-0.4, -0.2) is 23.7 Å². The summed E-state index contributed by atoms with van der Waals surface area (Å²) in [7, 11) is 1.96. The molecule has 0 unspecified atom stereocenters. The number of rotatable bonds is 5. The molecule has 0 aliphatic carbocycles. The van der Waals surface area contributed by atoms with Gasteiger partial charge in [-0.1, -0.05) is 30.3 Å². The zero-order valence-corrected chi connectivity index (χ0v) is 11.5. The summed E-state index contributed by atoms with van der Waals surface area (Å²) in [6, 6.07) is 10.1. The van der Waals surface area contributed by atoms with Gasteiger partial charge >= 0.3 is 0 Å². The number of nitrogens with zero attached hydrogens (tertiary/aromatic N) is 2. The number of aromatic nitrogens is 1. The molecule has 18 heavy (non-hydrogen) atoms. The van der Waals surface area contributed by atoms with Gasteiger partial charge in [0.2, 0.25) is 0 Å². The van der Waals surface area contributed by atoms with E-state index in [0.717, 1.165) is 11.7 Å². The lowest BCUT2D eigenvalue weighted by Gasteiger charge is -2.15. The van der Waals surface area contributed by atoms with E-state index in [-0.39, 0.29) is 11.7 Å². The van der Waals surface area contributed by atoms with E-state index in [2.05, 4.69) is 17.1 Å². The van der Waals surface area contributed by atoms with Gasteiger partial charge in [-0.2, -0.15) is 0 Å². The molecule has 0 fully saturated rings. The minimum absolute atomic E-state index is 0.0222. The van der Waals surface area contributed by atoms with Gasteiger partial charge in [0.05, 0.1) is 5.88 Å². The molecule has 0 saturated heterocycles. The van der Waals surface area contributed by atoms with Gasteiger partial charge in [0.15, 0.2) is 10.9 Å². The van der Waals surface area contributed by atoms with Crippen molar-refractivity contribution in [3.8, 4) is 0 Å². The van der Waals surface area contributed by atoms with Crippen LogP contribution in [0.15, 0.2) is 35.7 Å². The van der Waals surface area contributed by atoms with Crippen molar-refractivity contribution in [1.29, 1.82) is 0 Å². The highest BCUT2D eigenvalue weighted by Gasteiger charge is 2.12. The first-order chi connectivity index (χ1) is 8.70. The Hall–Kier alpha value is -1.39. The second-order valence-corrected chi connectivity index (χ2v) is 5.02. The highest BCUT2D eigenvalue weighted by atomic mass is 35.5. The largest absolute Gasteiger partial charge is 0.347 e. The molecule has 2 aromatic rings. The summed E-state index contributed by atoms with van der Waals surface area (Å²) < 4.78 is 0. The second-order valence-electron chi connectivity index (χ2n) is 3.91. The topological polar surface area (TPSA) is 33.2 Å². The van der Waals surface area contributed by atoms with Crippen molar-refractivity contribution in [3.63, 3.8) is 0 Å². The fourth-order valence-corrected chi connectivity index (χ4v) is 2.49. The van der Waals surface area contributed by atoms with E-state index in [9.17, 15) is 4.79 Å². The van der Waals surface area contributed by atoms with Crippen LogP contribution in [0.25, 0.3) is 0 Å². The average molecular weight is 281 g/mol. The third-order valence-electron chi connectivity index (χ3n) is 2.49. The van der Waals surface area contributed by atoms with Crippen LogP contribution in [0.3, 0.4) is 0 Å². The summed E-state index contributed by atoms with van der Waals surface area (Å²) >= 11 is 6.96. The molecule has 1 aromatic carbocycles. The smallest absolute Gasteiger partial charge is 0.196 e. The molecule has 1 aromatic heterocycles. The first kappa shape index (κ1) is 13.1. The molecular formula is C13H13ClN2OS. The van der Waals surface area contributed by atoms with E-state index in [1.54, 1.807) is 5.38 Å². The lowest BCUT2D eigenvalue weighted by atomic mass is 10.2. The first-order valence-corrected chi connectivity index (χ1v) is 6.92. The van der Waals surface area contributed by atoms with Crippen LogP contribution in [-0.2, 0) is 6.54 Å². The Balaban J connectivity index is 2.07. The number of ketones is 1. The Bertz CT molecular complexity index is 527. The maximum Gasteiger partial charge on any atom is 0.196 e. The zero-order valence-electron chi connectivity index (χ0n) is 9.97. The summed E-state index contributed by atoms with van der Waals surface area (Å²) in [5.41, 5.74) is 1.66. The van der Waals surface area contributed by atoms with E-state index in [1.807, 2.05) is 30.1 Å². The van der Waals surface area contributed by atoms with Crippen LogP contribution in [0.5, 0.6) is 0 Å². The molecule has 0 amide bonds. The lowest BCUT2D eigenvalue weighted by Crippen LogP contribution is -2.16. The number of anilines is 1. The van der Waals surface area contributed by atoms with Crippen LogP contribution in [0.1, 0.15) is 16.1 Å². The summed E-state index contributed by atoms with van der Waals surface area (Å²) in [5.74, 6) is -0.154. The number of halogens is 1. The molecule has 1 heterocycles. The predicted molar refractivity (Wildman–Crippen MR) is 75.7 cm³/mol. The van der Waals surface area contributed by atoms with Crippen LogP contribution < -0.4 is 4.90 Å². The number of benzene rings is 1. The molecule has 2 rings (SSSR count). The van der Waals surface area contributed by atoms with Crippen molar-refractivity contribution in [2.75, 3.05) is 17.8 Å². The molecule has 0 aliphatic heterocycles. The van der Waals surface area contributed by atoms with Gasteiger partial charge in [0, 0.05) is 19.0 Å². The Morgan fingerprint density at radius 1 is 1.39 bits per heavy atom. The highest BCUT2D eigenvalue weighted by Crippen LogP contribution is 2.21.